The number of carbonyl (C=O) groups excluding carboxylic acids is 5. The van der Waals surface area contributed by atoms with E-state index in [2.05, 4.69) is 5.32 Å². The van der Waals surface area contributed by atoms with Crippen LogP contribution in [0.25, 0.3) is 0 Å². The van der Waals surface area contributed by atoms with Crippen LogP contribution in [0.4, 0.5) is 0 Å². The van der Waals surface area contributed by atoms with E-state index in [9.17, 15) is 0 Å². The fourth-order valence-corrected chi connectivity index (χ4v) is 0.329. The molecule has 32 heavy (non-hydrogen) atoms. The zero-order chi connectivity index (χ0) is 23.4. The number of carbonyl (C=O) groups is 5. The van der Waals surface area contributed by atoms with Gasteiger partial charge in [0.2, 0.25) is 0 Å². The van der Waals surface area contributed by atoms with E-state index in [-0.39, 0.29) is 257 Å². The van der Waals surface area contributed by atoms with Crippen molar-refractivity contribution in [3.05, 3.63) is 0 Å². The van der Waals surface area contributed by atoms with Crippen molar-refractivity contribution in [3.8, 4) is 0 Å². The van der Waals surface area contributed by atoms with Crippen molar-refractivity contribution >= 4 is 29.8 Å². The Morgan fingerprint density at radius 2 is 0.594 bits per heavy atom. The third-order valence-corrected chi connectivity index (χ3v) is 0.642. The first-order valence-electron chi connectivity index (χ1n) is 7.06. The number of nitrogens with one attached hydrogen (secondary N) is 1. The van der Waals surface area contributed by atoms with Gasteiger partial charge in [0, 0.05) is 56.0 Å². The van der Waals surface area contributed by atoms with Gasteiger partial charge in [-0.3, -0.25) is 0 Å². The van der Waals surface area contributed by atoms with E-state index >= 15 is 0 Å². The van der Waals surface area contributed by atoms with Crippen LogP contribution in [0.15, 0.2) is 0 Å². The molecule has 18 heteroatoms. The summed E-state index contributed by atoms with van der Waals surface area (Å²) in [6, 6.07) is 0. The van der Waals surface area contributed by atoms with Gasteiger partial charge in [-0.2, -0.15) is 0 Å². The van der Waals surface area contributed by atoms with Gasteiger partial charge in [0.15, 0.2) is 0 Å². The molecule has 0 bridgehead atoms. The van der Waals surface area contributed by atoms with Gasteiger partial charge in [0.25, 0.3) is 0 Å². The fourth-order valence-electron chi connectivity index (χ4n) is 0.329. The largest absolute Gasteiger partial charge is 1.00 e. The molecular weight excluding hydrogens is 566 g/mol. The van der Waals surface area contributed by atoms with Crippen molar-refractivity contribution < 1.29 is 306 Å². The third-order valence-electron chi connectivity index (χ3n) is 0.642. The molecule has 0 aromatic rings. The van der Waals surface area contributed by atoms with E-state index in [0.29, 0.717) is 13.1 Å². The molecule has 0 heterocycles. The van der Waals surface area contributed by atoms with Gasteiger partial charge in [-0.05, 0) is 34.6 Å². The first kappa shape index (κ1) is 71.1. The fraction of sp³-hybridized carbons (Fsp3) is 0.643. The minimum atomic E-state index is -1.08. The van der Waals surface area contributed by atoms with Gasteiger partial charge in [-0.15, -0.1) is 0 Å². The maximum atomic E-state index is 8.89. The number of hydrogen-bond acceptors (Lipinski definition) is 13. The van der Waals surface area contributed by atoms with Crippen molar-refractivity contribution in [1.29, 1.82) is 0 Å². The van der Waals surface area contributed by atoms with E-state index in [1.54, 1.807) is 0 Å². The molecule has 0 unspecified atom stereocenters. The van der Waals surface area contributed by atoms with Crippen molar-refractivity contribution in [2.24, 2.45) is 11.5 Å². The van der Waals surface area contributed by atoms with Crippen LogP contribution in [-0.2, 0) is 24.0 Å². The standard InChI is InChI=1S/C4H13N3.5C2H4O2.5K/c5-1-3-7-4-2-6;5*1-2(3)4;;;;;/h7H,1-6H2;5*1H3,(H,3,4);;;;;/q;;;;;;5*+1/p-5. The van der Waals surface area contributed by atoms with E-state index in [4.69, 9.17) is 61.0 Å². The van der Waals surface area contributed by atoms with Gasteiger partial charge >= 0.3 is 257 Å². The molecule has 0 saturated carbocycles. The Morgan fingerprint density at radius 1 is 0.500 bits per heavy atom. The summed E-state index contributed by atoms with van der Waals surface area (Å²) >= 11 is 0. The molecule has 0 aromatic carbocycles. The molecule has 0 spiro atoms. The summed E-state index contributed by atoms with van der Waals surface area (Å²) in [7, 11) is 0. The molecule has 0 aliphatic carbocycles. The molecule has 13 nitrogen and oxygen atoms in total. The average Bonchev–Trinajstić information content (AvgIpc) is 2.35. The normalized spacial score (nSPS) is 5.97. The Labute approximate surface area is 402 Å². The Bertz CT molecular complexity index is 303. The zero-order valence-electron chi connectivity index (χ0n) is 21.1. The third kappa shape index (κ3) is 473. The molecule has 0 radical (unpaired) electrons. The molecule has 0 saturated heterocycles. The van der Waals surface area contributed by atoms with E-state index in [1.165, 1.54) is 0 Å². The second-order valence-electron chi connectivity index (χ2n) is 3.79. The summed E-state index contributed by atoms with van der Waals surface area (Å²) in [6.45, 7) is 7.99. The van der Waals surface area contributed by atoms with Gasteiger partial charge in [-0.1, -0.05) is 0 Å². The summed E-state index contributed by atoms with van der Waals surface area (Å²) in [5.74, 6) is -5.42. The first-order valence-corrected chi connectivity index (χ1v) is 7.06. The van der Waals surface area contributed by atoms with Crippen LogP contribution in [0.3, 0.4) is 0 Å². The molecule has 0 aliphatic rings. The maximum absolute atomic E-state index is 8.89. The predicted octanol–water partition coefficient (Wildman–Crippen LogP) is -22.7. The van der Waals surface area contributed by atoms with Crippen LogP contribution in [0.5, 0.6) is 0 Å². The summed E-state index contributed by atoms with van der Waals surface area (Å²) in [5.41, 5.74) is 10.3. The van der Waals surface area contributed by atoms with Crippen LogP contribution in [-0.4, -0.2) is 56.0 Å². The zero-order valence-corrected chi connectivity index (χ0v) is 36.7. The predicted molar refractivity (Wildman–Crippen MR) is 84.4 cm³/mol. The number of hydrogen-bond donors (Lipinski definition) is 3. The molecule has 0 fully saturated rings. The minimum absolute atomic E-state index is 0. The van der Waals surface area contributed by atoms with Gasteiger partial charge in [0.05, 0.1) is 0 Å². The molecule has 0 rings (SSSR count). The molecule has 0 atom stereocenters. The second-order valence-corrected chi connectivity index (χ2v) is 3.79. The van der Waals surface area contributed by atoms with E-state index in [0.717, 1.165) is 47.7 Å². The van der Waals surface area contributed by atoms with Crippen LogP contribution < -0.4 is 299 Å². The Morgan fingerprint density at radius 3 is 0.656 bits per heavy atom. The van der Waals surface area contributed by atoms with Gasteiger partial charge in [-0.25, -0.2) is 0 Å². The minimum Gasteiger partial charge on any atom is -0.550 e. The van der Waals surface area contributed by atoms with Crippen molar-refractivity contribution in [2.75, 3.05) is 26.2 Å². The first-order chi connectivity index (χ1) is 12.1. The number of rotatable bonds is 4. The quantitative estimate of drug-likeness (QED) is 0.202. The second kappa shape index (κ2) is 70.7. The van der Waals surface area contributed by atoms with E-state index in [1.807, 2.05) is 0 Å². The van der Waals surface area contributed by atoms with Crippen molar-refractivity contribution in [3.63, 3.8) is 0 Å². The topological polar surface area (TPSA) is 265 Å². The number of aliphatic carboxylic acids is 5. The molecule has 164 valence electrons. The van der Waals surface area contributed by atoms with Crippen LogP contribution in [0, 0.1) is 0 Å². The van der Waals surface area contributed by atoms with Crippen LogP contribution in [0.2, 0.25) is 0 Å². The molecule has 5 N–H and O–H groups in total. The van der Waals surface area contributed by atoms with Crippen molar-refractivity contribution in [1.82, 2.24) is 5.32 Å². The summed E-state index contributed by atoms with van der Waals surface area (Å²) in [5, 5.41) is 47.5. The summed E-state index contributed by atoms with van der Waals surface area (Å²) in [4.78, 5) is 44.4. The smallest absolute Gasteiger partial charge is 0.550 e. The Kier molecular flexibility index (Phi) is 157. The van der Waals surface area contributed by atoms with E-state index < -0.39 is 29.8 Å². The molecule has 0 amide bonds. The van der Waals surface area contributed by atoms with Gasteiger partial charge < -0.3 is 66.3 Å². The Balaban J connectivity index is -0.0000000181. The average molecular weight is 594 g/mol. The summed E-state index contributed by atoms with van der Waals surface area (Å²) in [6.07, 6.45) is 0. The number of carboxylic acid groups (broad SMARTS) is 5. The summed E-state index contributed by atoms with van der Waals surface area (Å²) < 4.78 is 0. The molecule has 0 aromatic heterocycles. The molecular formula is C14H28K5N3O10. The molecule has 0 aliphatic heterocycles. The van der Waals surface area contributed by atoms with Crippen molar-refractivity contribution in [2.45, 2.75) is 34.6 Å². The van der Waals surface area contributed by atoms with Crippen LogP contribution >= 0.6 is 0 Å². The number of nitrogens with two attached hydrogens (primary N) is 2. The Hall–Kier alpha value is 5.41. The SMILES string of the molecule is CC(=O)[O-].CC(=O)[O-].CC(=O)[O-].CC(=O)[O-].CC(=O)[O-].NCCNCCN.[K+].[K+].[K+].[K+].[K+]. The van der Waals surface area contributed by atoms with Crippen LogP contribution in [0.1, 0.15) is 34.6 Å². The number of carboxylic acids is 5. The maximum Gasteiger partial charge on any atom is 1.00 e. The monoisotopic (exact) mass is 593 g/mol. The van der Waals surface area contributed by atoms with Gasteiger partial charge in [0.1, 0.15) is 0 Å².